The Morgan fingerprint density at radius 1 is 1.50 bits per heavy atom. The second-order valence-electron chi connectivity index (χ2n) is 4.19. The minimum atomic E-state index is -1.26. The van der Waals surface area contributed by atoms with Gasteiger partial charge in [0.25, 0.3) is 5.91 Å². The average Bonchev–Trinajstić information content (AvgIpc) is 2.79. The summed E-state index contributed by atoms with van der Waals surface area (Å²) in [6.45, 7) is 2.96. The topological polar surface area (TPSA) is 75.6 Å². The molecule has 1 rings (SSSR count). The van der Waals surface area contributed by atoms with Crippen molar-refractivity contribution in [1.29, 1.82) is 0 Å². The van der Waals surface area contributed by atoms with Crippen molar-refractivity contribution in [3.63, 3.8) is 0 Å². The molecule has 5 nitrogen and oxygen atoms in total. The molecule has 0 aliphatic rings. The number of carbonyl (C=O) groups is 2. The number of esters is 1. The van der Waals surface area contributed by atoms with Crippen LogP contribution in [0.1, 0.15) is 23.5 Å². The van der Waals surface area contributed by atoms with Crippen LogP contribution < -0.4 is 5.32 Å². The van der Waals surface area contributed by atoms with Crippen LogP contribution in [0.3, 0.4) is 0 Å². The lowest BCUT2D eigenvalue weighted by Gasteiger charge is -2.23. The SMILES string of the molecule is CC(=O)OC[C@H](NC(=O)C(Cl)Cl)[C@H](O)c1cc(C)cs1. The number of alkyl halides is 2. The second-order valence-corrected chi connectivity index (χ2v) is 6.23. The van der Waals surface area contributed by atoms with Gasteiger partial charge in [0, 0.05) is 11.8 Å². The van der Waals surface area contributed by atoms with Gasteiger partial charge in [-0.05, 0) is 23.9 Å². The average molecular weight is 340 g/mol. The van der Waals surface area contributed by atoms with E-state index in [4.69, 9.17) is 27.9 Å². The molecule has 2 atom stereocenters. The Hall–Kier alpha value is -0.820. The van der Waals surface area contributed by atoms with Gasteiger partial charge < -0.3 is 15.2 Å². The Morgan fingerprint density at radius 2 is 2.15 bits per heavy atom. The van der Waals surface area contributed by atoms with Crippen LogP contribution in [0, 0.1) is 6.92 Å². The summed E-state index contributed by atoms with van der Waals surface area (Å²) in [5.74, 6) is -1.16. The minimum Gasteiger partial charge on any atom is -0.464 e. The Morgan fingerprint density at radius 3 is 2.60 bits per heavy atom. The van der Waals surface area contributed by atoms with E-state index in [-0.39, 0.29) is 6.61 Å². The molecule has 0 aliphatic heterocycles. The Kier molecular flexibility index (Phi) is 6.75. The number of thiophene rings is 1. The summed E-state index contributed by atoms with van der Waals surface area (Å²) in [5.41, 5.74) is 0.995. The zero-order chi connectivity index (χ0) is 15.3. The van der Waals surface area contributed by atoms with E-state index in [0.717, 1.165) is 5.56 Å². The molecular formula is C12H15Cl2NO4S. The molecule has 0 bridgehead atoms. The lowest BCUT2D eigenvalue weighted by Crippen LogP contribution is -2.44. The van der Waals surface area contributed by atoms with Gasteiger partial charge in [0.05, 0.1) is 6.04 Å². The fourth-order valence-corrected chi connectivity index (χ4v) is 2.55. The van der Waals surface area contributed by atoms with E-state index in [2.05, 4.69) is 5.32 Å². The summed E-state index contributed by atoms with van der Waals surface area (Å²) < 4.78 is 4.84. The molecule has 1 amide bonds. The number of hydrogen-bond donors (Lipinski definition) is 2. The van der Waals surface area contributed by atoms with Gasteiger partial charge in [-0.25, -0.2) is 0 Å². The smallest absolute Gasteiger partial charge is 0.302 e. The number of aliphatic hydroxyl groups excluding tert-OH is 1. The number of rotatable bonds is 6. The maximum Gasteiger partial charge on any atom is 0.302 e. The molecular weight excluding hydrogens is 325 g/mol. The molecule has 1 aromatic rings. The number of carbonyl (C=O) groups excluding carboxylic acids is 2. The van der Waals surface area contributed by atoms with Crippen LogP contribution in [0.2, 0.25) is 0 Å². The molecule has 8 heteroatoms. The van der Waals surface area contributed by atoms with Crippen LogP contribution in [-0.4, -0.2) is 34.5 Å². The highest BCUT2D eigenvalue weighted by Crippen LogP contribution is 2.25. The molecule has 0 radical (unpaired) electrons. The predicted octanol–water partition coefficient (Wildman–Crippen LogP) is 1.94. The number of ether oxygens (including phenoxy) is 1. The molecule has 0 aliphatic carbocycles. The van der Waals surface area contributed by atoms with Gasteiger partial charge in [-0.2, -0.15) is 0 Å². The number of halogens is 2. The van der Waals surface area contributed by atoms with E-state index in [1.54, 1.807) is 6.07 Å². The molecule has 1 aromatic heterocycles. The highest BCUT2D eigenvalue weighted by molar-refractivity contribution is 7.10. The van der Waals surface area contributed by atoms with Gasteiger partial charge in [0.1, 0.15) is 12.7 Å². The zero-order valence-electron chi connectivity index (χ0n) is 10.9. The first-order chi connectivity index (χ1) is 9.31. The van der Waals surface area contributed by atoms with Crippen molar-refractivity contribution in [3.05, 3.63) is 21.9 Å². The standard InChI is InChI=1S/C12H15Cl2NO4S/c1-6-3-9(20-5-6)10(17)8(4-19-7(2)16)15-12(18)11(13)14/h3,5,8,10-11,17H,4H2,1-2H3,(H,15,18)/t8-,10-/m0/s1. The molecule has 0 unspecified atom stereocenters. The molecule has 0 saturated heterocycles. The zero-order valence-corrected chi connectivity index (χ0v) is 13.3. The van der Waals surface area contributed by atoms with Crippen molar-refractivity contribution < 1.29 is 19.4 Å². The van der Waals surface area contributed by atoms with Crippen LogP contribution in [-0.2, 0) is 14.3 Å². The molecule has 0 fully saturated rings. The van der Waals surface area contributed by atoms with Gasteiger partial charge in [-0.1, -0.05) is 23.2 Å². The van der Waals surface area contributed by atoms with Crippen molar-refractivity contribution in [1.82, 2.24) is 5.32 Å². The summed E-state index contributed by atoms with van der Waals surface area (Å²) in [4.78, 5) is 21.8. The van der Waals surface area contributed by atoms with E-state index in [0.29, 0.717) is 4.88 Å². The second kappa shape index (κ2) is 7.83. The Labute approximate surface area is 130 Å². The van der Waals surface area contributed by atoms with E-state index in [9.17, 15) is 14.7 Å². The maximum absolute atomic E-state index is 11.5. The first-order valence-electron chi connectivity index (χ1n) is 5.76. The number of aliphatic hydroxyl groups is 1. The maximum atomic E-state index is 11.5. The van der Waals surface area contributed by atoms with Crippen LogP contribution in [0.25, 0.3) is 0 Å². The van der Waals surface area contributed by atoms with Gasteiger partial charge in [-0.15, -0.1) is 11.3 Å². The fourth-order valence-electron chi connectivity index (χ4n) is 1.47. The van der Waals surface area contributed by atoms with E-state index in [1.165, 1.54) is 18.3 Å². The molecule has 20 heavy (non-hydrogen) atoms. The lowest BCUT2D eigenvalue weighted by atomic mass is 10.1. The van der Waals surface area contributed by atoms with Crippen molar-refractivity contribution in [2.45, 2.75) is 30.8 Å². The number of nitrogens with one attached hydrogen (secondary N) is 1. The molecule has 112 valence electrons. The van der Waals surface area contributed by atoms with Crippen molar-refractivity contribution in [2.75, 3.05) is 6.61 Å². The first kappa shape index (κ1) is 17.2. The summed E-state index contributed by atoms with van der Waals surface area (Å²) in [7, 11) is 0. The predicted molar refractivity (Wildman–Crippen MR) is 78.1 cm³/mol. The molecule has 2 N–H and O–H groups in total. The Balaban J connectivity index is 2.79. The van der Waals surface area contributed by atoms with Gasteiger partial charge in [0.2, 0.25) is 0 Å². The fraction of sp³-hybridized carbons (Fsp3) is 0.500. The summed E-state index contributed by atoms with van der Waals surface area (Å²) in [6.07, 6.45) is -1.01. The molecule has 0 aromatic carbocycles. The number of hydrogen-bond acceptors (Lipinski definition) is 5. The van der Waals surface area contributed by atoms with Crippen LogP contribution in [0.15, 0.2) is 11.4 Å². The number of aryl methyl sites for hydroxylation is 1. The van der Waals surface area contributed by atoms with Crippen LogP contribution >= 0.6 is 34.5 Å². The first-order valence-corrected chi connectivity index (χ1v) is 7.51. The monoisotopic (exact) mass is 339 g/mol. The quantitative estimate of drug-likeness (QED) is 0.613. The third-order valence-electron chi connectivity index (χ3n) is 2.42. The molecule has 1 heterocycles. The van der Waals surface area contributed by atoms with E-state index in [1.807, 2.05) is 12.3 Å². The summed E-state index contributed by atoms with van der Waals surface area (Å²) in [5, 5.41) is 14.6. The lowest BCUT2D eigenvalue weighted by molar-refractivity contribution is -0.143. The van der Waals surface area contributed by atoms with Crippen molar-refractivity contribution in [3.8, 4) is 0 Å². The van der Waals surface area contributed by atoms with E-state index >= 15 is 0 Å². The number of amides is 1. The minimum absolute atomic E-state index is 0.167. The highest BCUT2D eigenvalue weighted by Gasteiger charge is 2.27. The van der Waals surface area contributed by atoms with Crippen molar-refractivity contribution in [2.24, 2.45) is 0 Å². The third kappa shape index (κ3) is 5.28. The Bertz CT molecular complexity index is 478. The largest absolute Gasteiger partial charge is 0.464 e. The van der Waals surface area contributed by atoms with Gasteiger partial charge in [0.15, 0.2) is 4.84 Å². The molecule has 0 saturated carbocycles. The summed E-state index contributed by atoms with van der Waals surface area (Å²) >= 11 is 12.3. The van der Waals surface area contributed by atoms with Gasteiger partial charge >= 0.3 is 5.97 Å². The van der Waals surface area contributed by atoms with Crippen molar-refractivity contribution >= 4 is 46.4 Å². The van der Waals surface area contributed by atoms with E-state index < -0.39 is 28.9 Å². The normalized spacial score (nSPS) is 13.9. The van der Waals surface area contributed by atoms with Crippen LogP contribution in [0.4, 0.5) is 0 Å². The van der Waals surface area contributed by atoms with Crippen LogP contribution in [0.5, 0.6) is 0 Å². The summed E-state index contributed by atoms with van der Waals surface area (Å²) in [6, 6.07) is 0.977. The third-order valence-corrected chi connectivity index (χ3v) is 3.93. The highest BCUT2D eigenvalue weighted by atomic mass is 35.5. The van der Waals surface area contributed by atoms with Gasteiger partial charge in [-0.3, -0.25) is 9.59 Å². The molecule has 0 spiro atoms.